The fourth-order valence-corrected chi connectivity index (χ4v) is 3.51. The number of nitrogens with zero attached hydrogens (tertiary/aromatic N) is 2. The highest BCUT2D eigenvalue weighted by molar-refractivity contribution is 6.08. The number of non-ortho nitro benzene ring substituents is 1. The number of amides is 2. The van der Waals surface area contributed by atoms with Gasteiger partial charge in [0.1, 0.15) is 12.3 Å². The number of hydrogen-bond acceptors (Lipinski definition) is 5. The van der Waals surface area contributed by atoms with Gasteiger partial charge in [0, 0.05) is 23.2 Å². The van der Waals surface area contributed by atoms with Gasteiger partial charge in [-0.1, -0.05) is 43.3 Å². The largest absolute Gasteiger partial charge is 0.478 e. The number of nitrogens with one attached hydrogen (secondary N) is 1. The van der Waals surface area contributed by atoms with E-state index >= 15 is 0 Å². The Balaban J connectivity index is 1.64. The predicted molar refractivity (Wildman–Crippen MR) is 113 cm³/mol. The Labute approximate surface area is 172 Å². The van der Waals surface area contributed by atoms with Crippen LogP contribution in [0.4, 0.5) is 17.1 Å². The summed E-state index contributed by atoms with van der Waals surface area (Å²) in [5, 5.41) is 15.9. The van der Waals surface area contributed by atoms with Gasteiger partial charge in [-0.2, -0.15) is 0 Å². The maximum Gasteiger partial charge on any atom is 0.271 e. The number of anilines is 2. The molecule has 1 unspecified atom stereocenters. The van der Waals surface area contributed by atoms with E-state index in [9.17, 15) is 19.7 Å². The van der Waals surface area contributed by atoms with Crippen molar-refractivity contribution in [1.29, 1.82) is 0 Å². The van der Waals surface area contributed by atoms with Crippen molar-refractivity contribution in [3.63, 3.8) is 0 Å². The van der Waals surface area contributed by atoms with Crippen molar-refractivity contribution in [1.82, 2.24) is 0 Å². The Bertz CT molecular complexity index is 1160. The molecule has 1 atom stereocenters. The Hall–Kier alpha value is -3.94. The first-order chi connectivity index (χ1) is 14.5. The van der Waals surface area contributed by atoms with E-state index in [4.69, 9.17) is 4.74 Å². The van der Waals surface area contributed by atoms with Crippen molar-refractivity contribution in [3.05, 3.63) is 70.8 Å². The first kappa shape index (κ1) is 19.4. The molecule has 1 aliphatic heterocycles. The number of benzene rings is 3. The van der Waals surface area contributed by atoms with E-state index in [2.05, 4.69) is 5.32 Å². The summed E-state index contributed by atoms with van der Waals surface area (Å²) in [6, 6.07) is 17.2. The second kappa shape index (κ2) is 7.82. The van der Waals surface area contributed by atoms with Gasteiger partial charge < -0.3 is 10.1 Å². The molecule has 3 aromatic rings. The lowest BCUT2D eigenvalue weighted by Gasteiger charge is -2.33. The van der Waals surface area contributed by atoms with Crippen molar-refractivity contribution in [2.75, 3.05) is 16.8 Å². The minimum Gasteiger partial charge on any atom is -0.478 e. The molecule has 3 aromatic carbocycles. The van der Waals surface area contributed by atoms with Gasteiger partial charge in [0.2, 0.25) is 5.91 Å². The smallest absolute Gasteiger partial charge is 0.271 e. The molecule has 0 aliphatic carbocycles. The number of carbonyl (C=O) groups excluding carboxylic acids is 2. The summed E-state index contributed by atoms with van der Waals surface area (Å²) in [5.41, 5.74) is 0.664. The van der Waals surface area contributed by atoms with Crippen LogP contribution in [0.1, 0.15) is 13.3 Å². The van der Waals surface area contributed by atoms with Crippen LogP contribution < -0.4 is 15.0 Å². The molecule has 8 heteroatoms. The lowest BCUT2D eigenvalue weighted by molar-refractivity contribution is -0.384. The molecule has 0 aromatic heterocycles. The number of carbonyl (C=O) groups is 2. The molecule has 0 spiro atoms. The highest BCUT2D eigenvalue weighted by Gasteiger charge is 2.35. The lowest BCUT2D eigenvalue weighted by Crippen LogP contribution is -2.48. The van der Waals surface area contributed by atoms with Crippen LogP contribution in [-0.4, -0.2) is 29.4 Å². The number of fused-ring (bicyclic) bond motifs is 2. The van der Waals surface area contributed by atoms with E-state index in [1.165, 1.54) is 23.1 Å². The molecule has 152 valence electrons. The van der Waals surface area contributed by atoms with Crippen LogP contribution in [-0.2, 0) is 9.59 Å². The van der Waals surface area contributed by atoms with Crippen LogP contribution in [0, 0.1) is 10.1 Å². The van der Waals surface area contributed by atoms with Gasteiger partial charge in [0.25, 0.3) is 11.6 Å². The summed E-state index contributed by atoms with van der Waals surface area (Å²) >= 11 is 0. The molecule has 0 fully saturated rings. The van der Waals surface area contributed by atoms with Gasteiger partial charge in [0.15, 0.2) is 6.10 Å². The van der Waals surface area contributed by atoms with E-state index in [1.54, 1.807) is 13.0 Å². The fraction of sp³-hybridized carbons (Fsp3) is 0.182. The average Bonchev–Trinajstić information content (AvgIpc) is 2.75. The topological polar surface area (TPSA) is 102 Å². The van der Waals surface area contributed by atoms with Gasteiger partial charge in [-0.3, -0.25) is 24.6 Å². The normalized spacial score (nSPS) is 15.4. The Morgan fingerprint density at radius 2 is 1.93 bits per heavy atom. The zero-order valence-corrected chi connectivity index (χ0v) is 16.2. The molecule has 1 N–H and O–H groups in total. The summed E-state index contributed by atoms with van der Waals surface area (Å²) in [6.07, 6.45) is -0.333. The third kappa shape index (κ3) is 3.55. The second-order valence-corrected chi connectivity index (χ2v) is 6.92. The third-order valence-electron chi connectivity index (χ3n) is 4.99. The van der Waals surface area contributed by atoms with E-state index in [0.29, 0.717) is 17.9 Å². The second-order valence-electron chi connectivity index (χ2n) is 6.92. The minimum absolute atomic E-state index is 0.181. The molecule has 8 nitrogen and oxygen atoms in total. The van der Waals surface area contributed by atoms with E-state index < -0.39 is 22.8 Å². The van der Waals surface area contributed by atoms with E-state index in [1.807, 2.05) is 36.4 Å². The quantitative estimate of drug-likeness (QED) is 0.512. The monoisotopic (exact) mass is 405 g/mol. The van der Waals surface area contributed by atoms with Gasteiger partial charge in [-0.05, 0) is 23.9 Å². The molecule has 0 saturated carbocycles. The molecule has 0 bridgehead atoms. The molecule has 0 radical (unpaired) electrons. The average molecular weight is 405 g/mol. The van der Waals surface area contributed by atoms with Crippen molar-refractivity contribution in [2.24, 2.45) is 0 Å². The number of nitro groups is 1. The standard InChI is InChI=1S/C22H19N3O5/c1-2-19-22(27)24(18-12-15(25(28)29)10-11-20(18)30-19)13-21(26)23-17-9-5-7-14-6-3-4-8-16(14)17/h3-12,19H,2,13H2,1H3,(H,23,26). The summed E-state index contributed by atoms with van der Waals surface area (Å²) in [5.74, 6) is -0.475. The molecule has 0 saturated heterocycles. The summed E-state index contributed by atoms with van der Waals surface area (Å²) in [4.78, 5) is 37.5. The molecular weight excluding hydrogens is 386 g/mol. The Kier molecular flexibility index (Phi) is 5.05. The van der Waals surface area contributed by atoms with Crippen LogP contribution in [0.15, 0.2) is 60.7 Å². The predicted octanol–water partition coefficient (Wildman–Crippen LogP) is 3.89. The maximum absolute atomic E-state index is 12.9. The summed E-state index contributed by atoms with van der Waals surface area (Å²) < 4.78 is 5.67. The first-order valence-corrected chi connectivity index (χ1v) is 9.52. The van der Waals surface area contributed by atoms with Gasteiger partial charge in [0.05, 0.1) is 10.6 Å². The summed E-state index contributed by atoms with van der Waals surface area (Å²) in [7, 11) is 0. The molecule has 2 amide bonds. The Morgan fingerprint density at radius 3 is 2.70 bits per heavy atom. The lowest BCUT2D eigenvalue weighted by atomic mass is 10.1. The molecular formula is C22H19N3O5. The van der Waals surface area contributed by atoms with Crippen molar-refractivity contribution in [3.8, 4) is 5.75 Å². The van der Waals surface area contributed by atoms with Gasteiger partial charge >= 0.3 is 0 Å². The maximum atomic E-state index is 12.9. The molecule has 4 rings (SSSR count). The number of rotatable bonds is 5. The van der Waals surface area contributed by atoms with E-state index in [0.717, 1.165) is 10.8 Å². The fourth-order valence-electron chi connectivity index (χ4n) is 3.51. The van der Waals surface area contributed by atoms with E-state index in [-0.39, 0.29) is 17.9 Å². The van der Waals surface area contributed by atoms with Crippen molar-refractivity contribution < 1.29 is 19.2 Å². The SMILES string of the molecule is CCC1Oc2ccc([N+](=O)[O-])cc2N(CC(=O)Nc2cccc3ccccc23)C1=O. The van der Waals surface area contributed by atoms with Gasteiger partial charge in [-0.25, -0.2) is 0 Å². The zero-order chi connectivity index (χ0) is 21.3. The van der Waals surface area contributed by atoms with Crippen molar-refractivity contribution in [2.45, 2.75) is 19.4 Å². The minimum atomic E-state index is -0.746. The number of hydrogen-bond donors (Lipinski definition) is 1. The van der Waals surface area contributed by atoms with Crippen LogP contribution in [0.2, 0.25) is 0 Å². The van der Waals surface area contributed by atoms with Crippen LogP contribution in [0.25, 0.3) is 10.8 Å². The Morgan fingerprint density at radius 1 is 1.17 bits per heavy atom. The zero-order valence-electron chi connectivity index (χ0n) is 16.2. The highest BCUT2D eigenvalue weighted by Crippen LogP contribution is 2.37. The molecule has 30 heavy (non-hydrogen) atoms. The van der Waals surface area contributed by atoms with Crippen LogP contribution >= 0.6 is 0 Å². The number of nitro benzene ring substituents is 1. The third-order valence-corrected chi connectivity index (χ3v) is 4.99. The summed E-state index contributed by atoms with van der Waals surface area (Å²) in [6.45, 7) is 1.52. The first-order valence-electron chi connectivity index (χ1n) is 9.52. The molecule has 1 aliphatic rings. The van der Waals surface area contributed by atoms with Crippen molar-refractivity contribution >= 4 is 39.6 Å². The van der Waals surface area contributed by atoms with Crippen LogP contribution in [0.5, 0.6) is 5.75 Å². The van der Waals surface area contributed by atoms with Gasteiger partial charge in [-0.15, -0.1) is 0 Å². The number of ether oxygens (including phenoxy) is 1. The molecule has 1 heterocycles. The highest BCUT2D eigenvalue weighted by atomic mass is 16.6. The van der Waals surface area contributed by atoms with Crippen LogP contribution in [0.3, 0.4) is 0 Å².